The first kappa shape index (κ1) is 19.1. The number of sulfonamides is 1. The van der Waals surface area contributed by atoms with Gasteiger partial charge >= 0.3 is 0 Å². The van der Waals surface area contributed by atoms with Crippen LogP contribution in [0.5, 0.6) is 0 Å². The Balaban J connectivity index is 1.97. The van der Waals surface area contributed by atoms with Gasteiger partial charge in [-0.05, 0) is 51.0 Å². The fraction of sp³-hybridized carbons (Fsp3) is 0.471. The van der Waals surface area contributed by atoms with Gasteiger partial charge in [-0.1, -0.05) is 0 Å². The maximum Gasteiger partial charge on any atom is 0.243 e. The first-order chi connectivity index (χ1) is 12.0. The summed E-state index contributed by atoms with van der Waals surface area (Å²) in [6.07, 6.45) is 2.76. The third-order valence-electron chi connectivity index (χ3n) is 4.79. The Morgan fingerprint density at radius 2 is 1.62 bits per heavy atom. The van der Waals surface area contributed by atoms with E-state index < -0.39 is 19.9 Å². The lowest BCUT2D eigenvalue weighted by Gasteiger charge is -2.22. The Labute approximate surface area is 154 Å². The van der Waals surface area contributed by atoms with E-state index in [9.17, 15) is 16.8 Å². The first-order valence-corrected chi connectivity index (χ1v) is 11.7. The normalized spacial score (nSPS) is 15.6. The highest BCUT2D eigenvalue weighted by molar-refractivity contribution is 7.90. The summed E-state index contributed by atoms with van der Waals surface area (Å²) in [7, 11) is -5.25. The van der Waals surface area contributed by atoms with Gasteiger partial charge in [0.2, 0.25) is 10.0 Å². The summed E-state index contributed by atoms with van der Waals surface area (Å²) in [6.45, 7) is 4.07. The minimum Gasteiger partial charge on any atom is -0.272 e. The molecule has 1 aromatic carbocycles. The zero-order valence-electron chi connectivity index (χ0n) is 15.3. The van der Waals surface area contributed by atoms with E-state index in [2.05, 4.69) is 5.10 Å². The number of rotatable bonds is 6. The van der Waals surface area contributed by atoms with Crippen LogP contribution in [0.2, 0.25) is 0 Å². The van der Waals surface area contributed by atoms with Gasteiger partial charge in [0, 0.05) is 37.1 Å². The second kappa shape index (κ2) is 6.47. The largest absolute Gasteiger partial charge is 0.272 e. The molecule has 3 rings (SSSR count). The molecule has 0 saturated heterocycles. The van der Waals surface area contributed by atoms with Crippen molar-refractivity contribution < 1.29 is 16.8 Å². The van der Waals surface area contributed by atoms with E-state index in [-0.39, 0.29) is 22.4 Å². The lowest BCUT2D eigenvalue weighted by molar-refractivity contribution is 0.397. The monoisotopic (exact) mass is 397 g/mol. The molecule has 1 aliphatic carbocycles. The van der Waals surface area contributed by atoms with E-state index in [1.165, 1.54) is 28.6 Å². The second-order valence-corrected chi connectivity index (χ2v) is 10.7. The standard InChI is InChI=1S/C17H23N3O4S2/c1-12-17(13(2)19(3)18-12)11-20(14-5-6-14)26(23,24)16-9-7-15(8-10-16)25(4,21)22/h7-10,14H,5-6,11H2,1-4H3. The van der Waals surface area contributed by atoms with Gasteiger partial charge in [0.15, 0.2) is 9.84 Å². The molecule has 7 nitrogen and oxygen atoms in total. The fourth-order valence-corrected chi connectivity index (χ4v) is 5.25. The third-order valence-corrected chi connectivity index (χ3v) is 7.83. The van der Waals surface area contributed by atoms with Gasteiger partial charge in [-0.3, -0.25) is 4.68 Å². The molecule has 0 unspecified atom stereocenters. The van der Waals surface area contributed by atoms with Crippen molar-refractivity contribution in [2.24, 2.45) is 7.05 Å². The summed E-state index contributed by atoms with van der Waals surface area (Å²) in [5.74, 6) is 0. The van der Waals surface area contributed by atoms with Crippen molar-refractivity contribution in [3.8, 4) is 0 Å². The molecule has 0 aliphatic heterocycles. The van der Waals surface area contributed by atoms with Crippen LogP contribution < -0.4 is 0 Å². The Morgan fingerprint density at radius 1 is 1.08 bits per heavy atom. The van der Waals surface area contributed by atoms with Crippen molar-refractivity contribution in [3.05, 3.63) is 41.2 Å². The van der Waals surface area contributed by atoms with Crippen molar-refractivity contribution >= 4 is 19.9 Å². The molecule has 0 bridgehead atoms. The lowest BCUT2D eigenvalue weighted by atomic mass is 10.2. The Morgan fingerprint density at radius 3 is 2.04 bits per heavy atom. The van der Waals surface area contributed by atoms with Gasteiger partial charge in [-0.2, -0.15) is 9.40 Å². The topological polar surface area (TPSA) is 89.3 Å². The predicted octanol–water partition coefficient (Wildman–Crippen LogP) is 1.79. The van der Waals surface area contributed by atoms with Crippen molar-refractivity contribution in [2.75, 3.05) is 6.26 Å². The molecule has 1 aromatic heterocycles. The summed E-state index contributed by atoms with van der Waals surface area (Å²) in [6, 6.07) is 5.39. The smallest absolute Gasteiger partial charge is 0.243 e. The number of aromatic nitrogens is 2. The number of hydrogen-bond donors (Lipinski definition) is 0. The lowest BCUT2D eigenvalue weighted by Crippen LogP contribution is -2.33. The quantitative estimate of drug-likeness (QED) is 0.741. The molecule has 1 saturated carbocycles. The summed E-state index contributed by atoms with van der Waals surface area (Å²) < 4.78 is 52.8. The third kappa shape index (κ3) is 3.56. The van der Waals surface area contributed by atoms with Crippen LogP contribution in [0.25, 0.3) is 0 Å². The maximum absolute atomic E-state index is 13.2. The van der Waals surface area contributed by atoms with E-state index in [0.717, 1.165) is 36.0 Å². The van der Waals surface area contributed by atoms with E-state index in [1.54, 1.807) is 4.68 Å². The van der Waals surface area contributed by atoms with Crippen molar-refractivity contribution in [2.45, 2.75) is 49.1 Å². The number of benzene rings is 1. The summed E-state index contributed by atoms with van der Waals surface area (Å²) in [5, 5.41) is 4.37. The molecule has 0 N–H and O–H groups in total. The highest BCUT2D eigenvalue weighted by atomic mass is 32.2. The van der Waals surface area contributed by atoms with E-state index in [1.807, 2.05) is 20.9 Å². The molecular formula is C17H23N3O4S2. The summed E-state index contributed by atoms with van der Waals surface area (Å²) in [5.41, 5.74) is 2.67. The molecule has 9 heteroatoms. The van der Waals surface area contributed by atoms with Crippen LogP contribution in [0.1, 0.15) is 29.8 Å². The average Bonchev–Trinajstić information content (AvgIpc) is 3.35. The van der Waals surface area contributed by atoms with Crippen molar-refractivity contribution in [1.29, 1.82) is 0 Å². The van der Waals surface area contributed by atoms with Gasteiger partial charge in [-0.25, -0.2) is 16.8 Å². The van der Waals surface area contributed by atoms with Gasteiger partial charge in [-0.15, -0.1) is 0 Å². The summed E-state index contributed by atoms with van der Waals surface area (Å²) >= 11 is 0. The van der Waals surface area contributed by atoms with Crippen LogP contribution in [-0.2, 0) is 33.5 Å². The average molecular weight is 398 g/mol. The van der Waals surface area contributed by atoms with Crippen LogP contribution in [-0.4, -0.2) is 43.2 Å². The highest BCUT2D eigenvalue weighted by Gasteiger charge is 2.39. The predicted molar refractivity (Wildman–Crippen MR) is 98.0 cm³/mol. The van der Waals surface area contributed by atoms with E-state index in [0.29, 0.717) is 0 Å². The minimum atomic E-state index is -3.72. The Hall–Kier alpha value is -1.71. The van der Waals surface area contributed by atoms with Crippen LogP contribution in [0.3, 0.4) is 0 Å². The number of sulfone groups is 1. The van der Waals surface area contributed by atoms with Gasteiger partial charge in [0.25, 0.3) is 0 Å². The molecule has 2 aromatic rings. The molecule has 0 radical (unpaired) electrons. The SMILES string of the molecule is Cc1nn(C)c(C)c1CN(C1CC1)S(=O)(=O)c1ccc(S(C)(=O)=O)cc1. The van der Waals surface area contributed by atoms with Crippen LogP contribution in [0, 0.1) is 13.8 Å². The fourth-order valence-electron chi connectivity index (χ4n) is 2.97. The Kier molecular flexibility index (Phi) is 4.74. The number of hydrogen-bond acceptors (Lipinski definition) is 5. The molecule has 0 spiro atoms. The van der Waals surface area contributed by atoms with Crippen molar-refractivity contribution in [1.82, 2.24) is 14.1 Å². The highest BCUT2D eigenvalue weighted by Crippen LogP contribution is 2.34. The van der Waals surface area contributed by atoms with Crippen LogP contribution in [0.4, 0.5) is 0 Å². The van der Waals surface area contributed by atoms with E-state index >= 15 is 0 Å². The maximum atomic E-state index is 13.2. The van der Waals surface area contributed by atoms with Gasteiger partial charge < -0.3 is 0 Å². The molecular weight excluding hydrogens is 374 g/mol. The number of aryl methyl sites for hydroxylation is 2. The molecule has 0 atom stereocenters. The zero-order valence-corrected chi connectivity index (χ0v) is 16.9. The molecule has 142 valence electrons. The Bertz CT molecular complexity index is 1030. The van der Waals surface area contributed by atoms with Crippen molar-refractivity contribution in [3.63, 3.8) is 0 Å². The minimum absolute atomic E-state index is 0.0198. The summed E-state index contributed by atoms with van der Waals surface area (Å²) in [4.78, 5) is 0.212. The van der Waals surface area contributed by atoms with Gasteiger partial charge in [0.1, 0.15) is 0 Å². The molecule has 1 heterocycles. The number of nitrogens with zero attached hydrogens (tertiary/aromatic N) is 3. The van der Waals surface area contributed by atoms with Crippen LogP contribution >= 0.6 is 0 Å². The molecule has 1 aliphatic rings. The first-order valence-electron chi connectivity index (χ1n) is 8.33. The zero-order chi connectivity index (χ0) is 19.3. The van der Waals surface area contributed by atoms with Crippen LogP contribution in [0.15, 0.2) is 34.1 Å². The van der Waals surface area contributed by atoms with E-state index in [4.69, 9.17) is 0 Å². The second-order valence-electron chi connectivity index (χ2n) is 6.80. The molecule has 26 heavy (non-hydrogen) atoms. The molecule has 0 amide bonds. The molecule has 1 fully saturated rings. The van der Waals surface area contributed by atoms with Gasteiger partial charge in [0.05, 0.1) is 15.5 Å².